The van der Waals surface area contributed by atoms with Gasteiger partial charge < -0.3 is 10.6 Å². The summed E-state index contributed by atoms with van der Waals surface area (Å²) in [5, 5.41) is 7.93. The van der Waals surface area contributed by atoms with Gasteiger partial charge in [-0.15, -0.1) is 11.3 Å². The van der Waals surface area contributed by atoms with Crippen molar-refractivity contribution in [2.45, 2.75) is 59.5 Å². The number of carbonyl (C=O) groups excluding carboxylic acids is 3. The second-order valence-electron chi connectivity index (χ2n) is 8.92. The molecule has 0 fully saturated rings. The Labute approximate surface area is 210 Å². The Balaban J connectivity index is 1.98. The Kier molecular flexibility index (Phi) is 8.76. The molecule has 3 aromatic rings. The number of hydrogen-bond donors (Lipinski definition) is 2. The second-order valence-corrected chi connectivity index (χ2v) is 9.81. The Morgan fingerprint density at radius 2 is 1.66 bits per heavy atom. The second kappa shape index (κ2) is 11.8. The van der Waals surface area contributed by atoms with Gasteiger partial charge in [0.2, 0.25) is 17.7 Å². The van der Waals surface area contributed by atoms with Crippen LogP contribution in [0.5, 0.6) is 0 Å². The predicted molar refractivity (Wildman–Crippen MR) is 141 cm³/mol. The number of carbonyl (C=O) groups is 3. The zero-order valence-electron chi connectivity index (χ0n) is 20.8. The van der Waals surface area contributed by atoms with E-state index in [4.69, 9.17) is 0 Å². The molecule has 0 aliphatic carbocycles. The standard InChI is InChI=1S/C27H32N4O3S/c1-17(2)29-26(34)25(21-9-6-18(3)7-10-21)31(22-11-8-19(4)16-20(22)5)24(33)13-12-23(32)30-27-28-14-15-35-27/h6-11,14-17,25H,12-13H2,1-5H3,(H,29,34)(H,28,30,32). The van der Waals surface area contributed by atoms with E-state index in [0.29, 0.717) is 16.4 Å². The minimum Gasteiger partial charge on any atom is -0.352 e. The van der Waals surface area contributed by atoms with Gasteiger partial charge in [0, 0.05) is 36.1 Å². The number of aromatic nitrogens is 1. The largest absolute Gasteiger partial charge is 0.352 e. The lowest BCUT2D eigenvalue weighted by Gasteiger charge is -2.33. The van der Waals surface area contributed by atoms with Gasteiger partial charge in [0.25, 0.3) is 0 Å². The third kappa shape index (κ3) is 6.99. The quantitative estimate of drug-likeness (QED) is 0.435. The van der Waals surface area contributed by atoms with Gasteiger partial charge in [0.15, 0.2) is 5.13 Å². The van der Waals surface area contributed by atoms with Crippen LogP contribution in [0.1, 0.15) is 55.0 Å². The third-order valence-electron chi connectivity index (χ3n) is 5.46. The molecule has 2 aromatic carbocycles. The Bertz CT molecular complexity index is 1170. The first-order valence-corrected chi connectivity index (χ1v) is 12.5. The molecule has 3 amide bonds. The molecule has 0 spiro atoms. The predicted octanol–water partition coefficient (Wildman–Crippen LogP) is 5.09. The van der Waals surface area contributed by atoms with Crippen molar-refractivity contribution in [2.75, 3.05) is 10.2 Å². The van der Waals surface area contributed by atoms with Crippen molar-refractivity contribution in [1.82, 2.24) is 10.3 Å². The lowest BCUT2D eigenvalue weighted by molar-refractivity contribution is -0.127. The van der Waals surface area contributed by atoms with Crippen molar-refractivity contribution >= 4 is 39.9 Å². The molecule has 0 bridgehead atoms. The highest BCUT2D eigenvalue weighted by Gasteiger charge is 2.34. The summed E-state index contributed by atoms with van der Waals surface area (Å²) < 4.78 is 0. The number of aryl methyl sites for hydroxylation is 3. The molecule has 3 rings (SSSR count). The molecule has 35 heavy (non-hydrogen) atoms. The zero-order valence-corrected chi connectivity index (χ0v) is 21.6. The van der Waals surface area contributed by atoms with E-state index in [1.807, 2.05) is 77.1 Å². The Morgan fingerprint density at radius 3 is 2.26 bits per heavy atom. The first-order valence-electron chi connectivity index (χ1n) is 11.6. The molecule has 0 saturated carbocycles. The number of anilines is 2. The molecule has 0 aliphatic heterocycles. The van der Waals surface area contributed by atoms with Gasteiger partial charge in [0.05, 0.1) is 0 Å². The molecule has 1 atom stereocenters. The lowest BCUT2D eigenvalue weighted by atomic mass is 9.99. The summed E-state index contributed by atoms with van der Waals surface area (Å²) in [6, 6.07) is 12.4. The number of benzene rings is 2. The highest BCUT2D eigenvalue weighted by molar-refractivity contribution is 7.13. The number of amides is 3. The SMILES string of the molecule is Cc1ccc(C(C(=O)NC(C)C)N(C(=O)CCC(=O)Nc2nccs2)c2ccc(C)cc2C)cc1. The molecule has 0 aliphatic rings. The molecule has 1 aromatic heterocycles. The summed E-state index contributed by atoms with van der Waals surface area (Å²) in [7, 11) is 0. The summed E-state index contributed by atoms with van der Waals surface area (Å²) in [5.41, 5.74) is 4.33. The van der Waals surface area contributed by atoms with Crippen LogP contribution in [-0.2, 0) is 14.4 Å². The van der Waals surface area contributed by atoms with Gasteiger partial charge in [-0.3, -0.25) is 19.3 Å². The molecule has 184 valence electrons. The van der Waals surface area contributed by atoms with Crippen LogP contribution in [0.15, 0.2) is 54.0 Å². The average Bonchev–Trinajstić information content (AvgIpc) is 3.30. The third-order valence-corrected chi connectivity index (χ3v) is 6.14. The monoisotopic (exact) mass is 492 g/mol. The van der Waals surface area contributed by atoms with E-state index in [1.165, 1.54) is 16.2 Å². The summed E-state index contributed by atoms with van der Waals surface area (Å²) >= 11 is 1.31. The topological polar surface area (TPSA) is 91.4 Å². The van der Waals surface area contributed by atoms with Crippen LogP contribution in [-0.4, -0.2) is 28.7 Å². The van der Waals surface area contributed by atoms with Crippen LogP contribution in [0.3, 0.4) is 0 Å². The van der Waals surface area contributed by atoms with Crippen LogP contribution in [0.25, 0.3) is 0 Å². The van der Waals surface area contributed by atoms with E-state index < -0.39 is 6.04 Å². The number of hydrogen-bond acceptors (Lipinski definition) is 5. The fourth-order valence-corrected chi connectivity index (χ4v) is 4.38. The van der Waals surface area contributed by atoms with Crippen LogP contribution in [0.2, 0.25) is 0 Å². The van der Waals surface area contributed by atoms with E-state index in [-0.39, 0.29) is 36.6 Å². The Morgan fingerprint density at radius 1 is 0.971 bits per heavy atom. The van der Waals surface area contributed by atoms with Crippen molar-refractivity contribution < 1.29 is 14.4 Å². The lowest BCUT2D eigenvalue weighted by Crippen LogP contribution is -2.46. The normalized spacial score (nSPS) is 11.7. The highest BCUT2D eigenvalue weighted by Crippen LogP contribution is 2.32. The fourth-order valence-electron chi connectivity index (χ4n) is 3.83. The summed E-state index contributed by atoms with van der Waals surface area (Å²) in [4.78, 5) is 45.2. The fraction of sp³-hybridized carbons (Fsp3) is 0.333. The van der Waals surface area contributed by atoms with Crippen molar-refractivity contribution in [3.8, 4) is 0 Å². The number of thiazole rings is 1. The number of nitrogens with zero attached hydrogens (tertiary/aromatic N) is 2. The van der Waals surface area contributed by atoms with Gasteiger partial charge in [-0.25, -0.2) is 4.98 Å². The summed E-state index contributed by atoms with van der Waals surface area (Å²) in [5.74, 6) is -0.882. The molecular weight excluding hydrogens is 460 g/mol. The molecule has 0 radical (unpaired) electrons. The molecular formula is C27H32N4O3S. The molecule has 1 unspecified atom stereocenters. The smallest absolute Gasteiger partial charge is 0.248 e. The molecule has 7 nitrogen and oxygen atoms in total. The minimum absolute atomic E-state index is 0.0216. The molecule has 1 heterocycles. The van der Waals surface area contributed by atoms with Crippen LogP contribution in [0.4, 0.5) is 10.8 Å². The van der Waals surface area contributed by atoms with Gasteiger partial charge in [-0.2, -0.15) is 0 Å². The Hall–Kier alpha value is -3.52. The van der Waals surface area contributed by atoms with E-state index in [9.17, 15) is 14.4 Å². The number of rotatable bonds is 9. The molecule has 2 N–H and O–H groups in total. The number of nitrogens with one attached hydrogen (secondary N) is 2. The first-order chi connectivity index (χ1) is 16.7. The van der Waals surface area contributed by atoms with E-state index in [1.54, 1.807) is 11.6 Å². The van der Waals surface area contributed by atoms with Crippen LogP contribution < -0.4 is 15.5 Å². The van der Waals surface area contributed by atoms with Gasteiger partial charge in [-0.05, 0) is 51.8 Å². The van der Waals surface area contributed by atoms with Crippen molar-refractivity contribution in [2.24, 2.45) is 0 Å². The van der Waals surface area contributed by atoms with Gasteiger partial charge >= 0.3 is 0 Å². The maximum Gasteiger partial charge on any atom is 0.248 e. The summed E-state index contributed by atoms with van der Waals surface area (Å²) in [6.07, 6.45) is 1.53. The van der Waals surface area contributed by atoms with E-state index in [0.717, 1.165) is 16.7 Å². The van der Waals surface area contributed by atoms with Gasteiger partial charge in [-0.1, -0.05) is 47.5 Å². The van der Waals surface area contributed by atoms with E-state index in [2.05, 4.69) is 15.6 Å². The van der Waals surface area contributed by atoms with Crippen LogP contribution >= 0.6 is 11.3 Å². The molecule has 0 saturated heterocycles. The maximum absolute atomic E-state index is 13.7. The van der Waals surface area contributed by atoms with Crippen molar-refractivity contribution in [3.63, 3.8) is 0 Å². The molecule has 8 heteroatoms. The average molecular weight is 493 g/mol. The van der Waals surface area contributed by atoms with Gasteiger partial charge in [0.1, 0.15) is 6.04 Å². The van der Waals surface area contributed by atoms with E-state index >= 15 is 0 Å². The van der Waals surface area contributed by atoms with Crippen molar-refractivity contribution in [1.29, 1.82) is 0 Å². The van der Waals surface area contributed by atoms with Crippen LogP contribution in [0, 0.1) is 20.8 Å². The highest BCUT2D eigenvalue weighted by atomic mass is 32.1. The maximum atomic E-state index is 13.7. The summed E-state index contributed by atoms with van der Waals surface area (Å²) in [6.45, 7) is 9.65. The zero-order chi connectivity index (χ0) is 25.5. The minimum atomic E-state index is -0.881. The van der Waals surface area contributed by atoms with Crippen molar-refractivity contribution in [3.05, 3.63) is 76.3 Å². The first kappa shape index (κ1) is 26.1.